The van der Waals surface area contributed by atoms with Crippen LogP contribution < -0.4 is 16.0 Å². The third-order valence-electron chi connectivity index (χ3n) is 2.26. The molecule has 2 aromatic rings. The van der Waals surface area contributed by atoms with Crippen LogP contribution in [0.4, 0.5) is 23.3 Å². The van der Waals surface area contributed by atoms with E-state index < -0.39 is 0 Å². The standard InChI is InChI=1S/C11H13ClN6/c1-13-7-3-5-8(6-4-7)15-11-17-9(12)16-10(14-2)18-11/h3-6,13H,1-2H3,(H2,14,15,16,17,18). The summed E-state index contributed by atoms with van der Waals surface area (Å²) in [4.78, 5) is 12.0. The molecule has 7 heteroatoms. The second kappa shape index (κ2) is 5.50. The van der Waals surface area contributed by atoms with Gasteiger partial charge in [0.2, 0.25) is 17.2 Å². The molecule has 0 fully saturated rings. The van der Waals surface area contributed by atoms with Crippen molar-refractivity contribution in [3.05, 3.63) is 29.5 Å². The molecule has 3 N–H and O–H groups in total. The summed E-state index contributed by atoms with van der Waals surface area (Å²) in [6.45, 7) is 0. The van der Waals surface area contributed by atoms with E-state index in [9.17, 15) is 0 Å². The minimum atomic E-state index is 0.142. The van der Waals surface area contributed by atoms with Crippen LogP contribution in [0.2, 0.25) is 5.28 Å². The lowest BCUT2D eigenvalue weighted by Gasteiger charge is -2.07. The molecule has 94 valence electrons. The number of halogens is 1. The van der Waals surface area contributed by atoms with Crippen LogP contribution in [0.15, 0.2) is 24.3 Å². The van der Waals surface area contributed by atoms with E-state index in [0.717, 1.165) is 11.4 Å². The van der Waals surface area contributed by atoms with Gasteiger partial charge in [0.25, 0.3) is 0 Å². The summed E-state index contributed by atoms with van der Waals surface area (Å²) in [6.07, 6.45) is 0. The summed E-state index contributed by atoms with van der Waals surface area (Å²) >= 11 is 5.79. The van der Waals surface area contributed by atoms with Gasteiger partial charge in [-0.05, 0) is 35.9 Å². The predicted molar refractivity (Wildman–Crippen MR) is 73.7 cm³/mol. The van der Waals surface area contributed by atoms with Gasteiger partial charge in [-0.1, -0.05) is 0 Å². The molecule has 0 radical (unpaired) electrons. The second-order valence-corrected chi connectivity index (χ2v) is 3.79. The normalized spacial score (nSPS) is 9.94. The molecule has 0 unspecified atom stereocenters. The summed E-state index contributed by atoms with van der Waals surface area (Å²) in [5.74, 6) is 0.820. The summed E-state index contributed by atoms with van der Waals surface area (Å²) in [5, 5.41) is 9.06. The van der Waals surface area contributed by atoms with Crippen molar-refractivity contribution in [1.82, 2.24) is 15.0 Å². The lowest BCUT2D eigenvalue weighted by atomic mass is 10.3. The van der Waals surface area contributed by atoms with E-state index in [1.54, 1.807) is 7.05 Å². The Bertz CT molecular complexity index is 528. The van der Waals surface area contributed by atoms with Gasteiger partial charge in [0.05, 0.1) is 0 Å². The monoisotopic (exact) mass is 264 g/mol. The number of benzene rings is 1. The van der Waals surface area contributed by atoms with Gasteiger partial charge in [0.15, 0.2) is 0 Å². The molecule has 0 saturated heterocycles. The van der Waals surface area contributed by atoms with Crippen molar-refractivity contribution in [2.24, 2.45) is 0 Å². The largest absolute Gasteiger partial charge is 0.388 e. The average Bonchev–Trinajstić information content (AvgIpc) is 2.39. The minimum absolute atomic E-state index is 0.142. The number of hydrogen-bond acceptors (Lipinski definition) is 6. The van der Waals surface area contributed by atoms with Crippen LogP contribution in [0.5, 0.6) is 0 Å². The second-order valence-electron chi connectivity index (χ2n) is 3.45. The molecule has 0 spiro atoms. The van der Waals surface area contributed by atoms with Crippen molar-refractivity contribution in [2.45, 2.75) is 0 Å². The number of nitrogens with one attached hydrogen (secondary N) is 3. The zero-order chi connectivity index (χ0) is 13.0. The van der Waals surface area contributed by atoms with Crippen molar-refractivity contribution in [3.63, 3.8) is 0 Å². The van der Waals surface area contributed by atoms with Crippen LogP contribution in [-0.4, -0.2) is 29.0 Å². The van der Waals surface area contributed by atoms with Crippen molar-refractivity contribution in [3.8, 4) is 0 Å². The molecule has 0 bridgehead atoms. The zero-order valence-corrected chi connectivity index (χ0v) is 10.8. The zero-order valence-electron chi connectivity index (χ0n) is 10.0. The highest BCUT2D eigenvalue weighted by Gasteiger charge is 2.03. The SMILES string of the molecule is CNc1ccc(Nc2nc(Cl)nc(NC)n2)cc1. The van der Waals surface area contributed by atoms with Gasteiger partial charge in [-0.3, -0.25) is 0 Å². The highest BCUT2D eigenvalue weighted by molar-refractivity contribution is 6.28. The van der Waals surface area contributed by atoms with E-state index in [2.05, 4.69) is 30.9 Å². The maximum Gasteiger partial charge on any atom is 0.233 e. The number of rotatable bonds is 4. The van der Waals surface area contributed by atoms with Crippen LogP contribution >= 0.6 is 11.6 Å². The third-order valence-corrected chi connectivity index (χ3v) is 2.43. The Kier molecular flexibility index (Phi) is 3.78. The molecule has 0 aliphatic rings. The number of aromatic nitrogens is 3. The summed E-state index contributed by atoms with van der Waals surface area (Å²) < 4.78 is 0. The Morgan fingerprint density at radius 1 is 0.833 bits per heavy atom. The molecule has 0 amide bonds. The molecule has 6 nitrogen and oxygen atoms in total. The molecule has 18 heavy (non-hydrogen) atoms. The highest BCUT2D eigenvalue weighted by atomic mass is 35.5. The highest BCUT2D eigenvalue weighted by Crippen LogP contribution is 2.17. The van der Waals surface area contributed by atoms with Crippen LogP contribution in [0.25, 0.3) is 0 Å². The van der Waals surface area contributed by atoms with E-state index in [1.807, 2.05) is 31.3 Å². The van der Waals surface area contributed by atoms with Crippen molar-refractivity contribution < 1.29 is 0 Å². The molecule has 0 aliphatic carbocycles. The maximum atomic E-state index is 5.79. The third kappa shape index (κ3) is 2.98. The molecular weight excluding hydrogens is 252 g/mol. The quantitative estimate of drug-likeness (QED) is 0.787. The lowest BCUT2D eigenvalue weighted by molar-refractivity contribution is 1.05. The first-order chi connectivity index (χ1) is 8.71. The summed E-state index contributed by atoms with van der Waals surface area (Å²) in [6, 6.07) is 7.74. The Hall–Kier alpha value is -2.08. The van der Waals surface area contributed by atoms with Gasteiger partial charge < -0.3 is 16.0 Å². The van der Waals surface area contributed by atoms with Crippen LogP contribution in [0.1, 0.15) is 0 Å². The van der Waals surface area contributed by atoms with Crippen LogP contribution in [0.3, 0.4) is 0 Å². The Balaban J connectivity index is 2.19. The predicted octanol–water partition coefficient (Wildman–Crippen LogP) is 2.35. The van der Waals surface area contributed by atoms with Gasteiger partial charge in [-0.15, -0.1) is 0 Å². The fourth-order valence-electron chi connectivity index (χ4n) is 1.37. The molecule has 0 saturated carbocycles. The molecule has 0 atom stereocenters. The summed E-state index contributed by atoms with van der Waals surface area (Å²) in [7, 11) is 3.59. The summed E-state index contributed by atoms with van der Waals surface area (Å²) in [5.41, 5.74) is 1.91. The van der Waals surface area contributed by atoms with Gasteiger partial charge in [0.1, 0.15) is 0 Å². The van der Waals surface area contributed by atoms with E-state index >= 15 is 0 Å². The first-order valence-electron chi connectivity index (χ1n) is 5.35. The molecule has 1 heterocycles. The van der Waals surface area contributed by atoms with E-state index in [0.29, 0.717) is 11.9 Å². The molecule has 0 aliphatic heterocycles. The fraction of sp³-hybridized carbons (Fsp3) is 0.182. The van der Waals surface area contributed by atoms with Crippen molar-refractivity contribution >= 4 is 34.9 Å². The smallest absolute Gasteiger partial charge is 0.233 e. The number of hydrogen-bond donors (Lipinski definition) is 3. The first kappa shape index (κ1) is 12.4. The minimum Gasteiger partial charge on any atom is -0.388 e. The number of nitrogens with zero attached hydrogens (tertiary/aromatic N) is 3. The van der Waals surface area contributed by atoms with E-state index in [1.165, 1.54) is 0 Å². The lowest BCUT2D eigenvalue weighted by Crippen LogP contribution is -2.03. The van der Waals surface area contributed by atoms with Crippen molar-refractivity contribution in [1.29, 1.82) is 0 Å². The fourth-order valence-corrected chi connectivity index (χ4v) is 1.53. The topological polar surface area (TPSA) is 74.8 Å². The Morgan fingerprint density at radius 2 is 1.44 bits per heavy atom. The maximum absolute atomic E-state index is 5.79. The van der Waals surface area contributed by atoms with Crippen LogP contribution in [0, 0.1) is 0 Å². The van der Waals surface area contributed by atoms with Crippen LogP contribution in [-0.2, 0) is 0 Å². The molecule has 2 rings (SSSR count). The molecular formula is C11H13ClN6. The van der Waals surface area contributed by atoms with Gasteiger partial charge in [-0.2, -0.15) is 15.0 Å². The van der Waals surface area contributed by atoms with Gasteiger partial charge in [-0.25, -0.2) is 0 Å². The number of anilines is 4. The molecule has 1 aromatic heterocycles. The van der Waals surface area contributed by atoms with Gasteiger partial charge in [0, 0.05) is 25.5 Å². The van der Waals surface area contributed by atoms with Gasteiger partial charge >= 0.3 is 0 Å². The first-order valence-corrected chi connectivity index (χ1v) is 5.73. The molecule has 1 aromatic carbocycles. The average molecular weight is 265 g/mol. The van der Waals surface area contributed by atoms with Crippen molar-refractivity contribution in [2.75, 3.05) is 30.0 Å². The van der Waals surface area contributed by atoms with E-state index in [-0.39, 0.29) is 5.28 Å². The Morgan fingerprint density at radius 3 is 2.06 bits per heavy atom. The Labute approximate surface area is 110 Å². The van der Waals surface area contributed by atoms with E-state index in [4.69, 9.17) is 11.6 Å².